The van der Waals surface area contributed by atoms with Crippen molar-refractivity contribution in [3.05, 3.63) is 11.1 Å². The Morgan fingerprint density at radius 3 is 2.56 bits per heavy atom. The van der Waals surface area contributed by atoms with Crippen molar-refractivity contribution in [3.63, 3.8) is 0 Å². The van der Waals surface area contributed by atoms with E-state index in [4.69, 9.17) is 5.73 Å². The Bertz CT molecular complexity index is 407. The highest BCUT2D eigenvalue weighted by Gasteiger charge is 2.20. The predicted molar refractivity (Wildman–Crippen MR) is 76.9 cm³/mol. The number of amides is 1. The Labute approximate surface area is 113 Å². The molecule has 4 nitrogen and oxygen atoms in total. The highest BCUT2D eigenvalue weighted by atomic mass is 32.1. The molecule has 0 bridgehead atoms. The first kappa shape index (κ1) is 15.1. The van der Waals surface area contributed by atoms with Crippen molar-refractivity contribution < 1.29 is 4.79 Å². The highest BCUT2D eigenvalue weighted by Crippen LogP contribution is 2.26. The van der Waals surface area contributed by atoms with E-state index in [-0.39, 0.29) is 11.3 Å². The molecule has 0 saturated heterocycles. The van der Waals surface area contributed by atoms with E-state index in [0.29, 0.717) is 17.5 Å². The molecule has 1 atom stereocenters. The molecule has 1 aromatic rings. The fourth-order valence-corrected chi connectivity index (χ4v) is 2.43. The largest absolute Gasteiger partial charge is 0.320 e. The van der Waals surface area contributed by atoms with E-state index in [1.165, 1.54) is 11.3 Å². The molecule has 102 valence electrons. The van der Waals surface area contributed by atoms with Gasteiger partial charge in [0.2, 0.25) is 5.91 Å². The van der Waals surface area contributed by atoms with Gasteiger partial charge in [0, 0.05) is 10.8 Å². The summed E-state index contributed by atoms with van der Waals surface area (Å²) in [5, 5.41) is 5.39. The lowest BCUT2D eigenvalue weighted by Gasteiger charge is -2.15. The van der Waals surface area contributed by atoms with Crippen molar-refractivity contribution in [2.75, 3.05) is 5.32 Å². The molecule has 0 saturated carbocycles. The quantitative estimate of drug-likeness (QED) is 0.883. The predicted octanol–water partition coefficient (Wildman–Crippen LogP) is 2.75. The number of nitrogens with zero attached hydrogens (tertiary/aromatic N) is 1. The molecule has 0 aliphatic heterocycles. The molecular weight excluding hydrogens is 246 g/mol. The number of nitrogens with one attached hydrogen (secondary N) is 1. The van der Waals surface area contributed by atoms with Crippen LogP contribution in [-0.4, -0.2) is 16.9 Å². The molecule has 3 N–H and O–H groups in total. The first-order valence-corrected chi connectivity index (χ1v) is 7.10. The third-order valence-electron chi connectivity index (χ3n) is 2.56. The first-order chi connectivity index (χ1) is 8.20. The van der Waals surface area contributed by atoms with Gasteiger partial charge in [-0.1, -0.05) is 34.6 Å². The lowest BCUT2D eigenvalue weighted by molar-refractivity contribution is -0.117. The monoisotopic (exact) mass is 269 g/mol. The highest BCUT2D eigenvalue weighted by molar-refractivity contribution is 7.13. The molecule has 0 radical (unpaired) electrons. The number of carbonyl (C=O) groups excluding carboxylic acids is 1. The van der Waals surface area contributed by atoms with Crippen LogP contribution in [0.3, 0.4) is 0 Å². The van der Waals surface area contributed by atoms with Crippen molar-refractivity contribution in [1.82, 2.24) is 4.98 Å². The van der Waals surface area contributed by atoms with Crippen LogP contribution >= 0.6 is 11.3 Å². The number of aromatic nitrogens is 1. The SMILES string of the molecule is CC(C)C[C@H](N)C(=O)Nc1nc(C(C)(C)C)cs1. The number of nitrogens with two attached hydrogens (primary N) is 1. The average Bonchev–Trinajstić information content (AvgIpc) is 2.64. The summed E-state index contributed by atoms with van der Waals surface area (Å²) in [4.78, 5) is 16.3. The molecule has 0 aliphatic carbocycles. The lowest BCUT2D eigenvalue weighted by atomic mass is 9.93. The summed E-state index contributed by atoms with van der Waals surface area (Å²) in [5.74, 6) is 0.255. The normalized spacial score (nSPS) is 13.7. The molecule has 18 heavy (non-hydrogen) atoms. The van der Waals surface area contributed by atoms with Gasteiger partial charge in [0.15, 0.2) is 5.13 Å². The van der Waals surface area contributed by atoms with Gasteiger partial charge in [-0.3, -0.25) is 4.79 Å². The third kappa shape index (κ3) is 4.38. The molecule has 0 spiro atoms. The summed E-state index contributed by atoms with van der Waals surface area (Å²) in [6, 6.07) is -0.466. The summed E-state index contributed by atoms with van der Waals surface area (Å²) >= 11 is 1.44. The van der Waals surface area contributed by atoms with Crippen LogP contribution in [0.5, 0.6) is 0 Å². The molecule has 0 unspecified atom stereocenters. The second-order valence-corrected chi connectivity index (χ2v) is 6.87. The van der Waals surface area contributed by atoms with Crippen molar-refractivity contribution in [2.45, 2.75) is 52.5 Å². The van der Waals surface area contributed by atoms with Crippen molar-refractivity contribution in [2.24, 2.45) is 11.7 Å². The summed E-state index contributed by atoms with van der Waals surface area (Å²) in [7, 11) is 0. The molecule has 0 aliphatic rings. The number of anilines is 1. The lowest BCUT2D eigenvalue weighted by Crippen LogP contribution is -2.36. The Balaban J connectivity index is 2.63. The van der Waals surface area contributed by atoms with Gasteiger partial charge >= 0.3 is 0 Å². The zero-order chi connectivity index (χ0) is 13.9. The van der Waals surface area contributed by atoms with E-state index < -0.39 is 6.04 Å². The minimum absolute atomic E-state index is 0.000470. The molecular formula is C13H23N3OS. The van der Waals surface area contributed by atoms with Gasteiger partial charge in [-0.15, -0.1) is 11.3 Å². The van der Waals surface area contributed by atoms with Crippen LogP contribution in [0.2, 0.25) is 0 Å². The van der Waals surface area contributed by atoms with Gasteiger partial charge in [0.25, 0.3) is 0 Å². The zero-order valence-electron chi connectivity index (χ0n) is 11.8. The molecule has 1 aromatic heterocycles. The van der Waals surface area contributed by atoms with Crippen LogP contribution < -0.4 is 11.1 Å². The Morgan fingerprint density at radius 2 is 2.11 bits per heavy atom. The van der Waals surface area contributed by atoms with Gasteiger partial charge in [0.1, 0.15) is 0 Å². The first-order valence-electron chi connectivity index (χ1n) is 6.22. The summed E-state index contributed by atoms with van der Waals surface area (Å²) in [6.07, 6.45) is 0.684. The minimum Gasteiger partial charge on any atom is -0.320 e. The van der Waals surface area contributed by atoms with Crippen LogP contribution in [0.15, 0.2) is 5.38 Å². The number of thiazole rings is 1. The van der Waals surface area contributed by atoms with Crippen LogP contribution in [-0.2, 0) is 10.2 Å². The molecule has 0 fully saturated rings. The number of hydrogen-bond acceptors (Lipinski definition) is 4. The minimum atomic E-state index is -0.466. The van der Waals surface area contributed by atoms with Gasteiger partial charge in [-0.2, -0.15) is 0 Å². The maximum Gasteiger partial charge on any atom is 0.243 e. The fourth-order valence-electron chi connectivity index (χ4n) is 1.49. The van der Waals surface area contributed by atoms with E-state index >= 15 is 0 Å². The van der Waals surface area contributed by atoms with Crippen molar-refractivity contribution >= 4 is 22.4 Å². The van der Waals surface area contributed by atoms with E-state index in [9.17, 15) is 4.79 Å². The van der Waals surface area contributed by atoms with Gasteiger partial charge < -0.3 is 11.1 Å². The number of rotatable bonds is 4. The second kappa shape index (κ2) is 5.80. The average molecular weight is 269 g/mol. The summed E-state index contributed by atoms with van der Waals surface area (Å²) in [6.45, 7) is 10.4. The second-order valence-electron chi connectivity index (χ2n) is 6.01. The molecule has 0 aromatic carbocycles. The van der Waals surface area contributed by atoms with E-state index in [2.05, 4.69) is 31.1 Å². The van der Waals surface area contributed by atoms with Gasteiger partial charge in [0.05, 0.1) is 11.7 Å². The van der Waals surface area contributed by atoms with E-state index in [1.807, 2.05) is 19.2 Å². The van der Waals surface area contributed by atoms with E-state index in [0.717, 1.165) is 5.69 Å². The van der Waals surface area contributed by atoms with Crippen LogP contribution in [0.4, 0.5) is 5.13 Å². The Kier molecular flexibility index (Phi) is 4.87. The Hall–Kier alpha value is -0.940. The van der Waals surface area contributed by atoms with Crippen LogP contribution in [0, 0.1) is 5.92 Å². The number of carbonyl (C=O) groups is 1. The van der Waals surface area contributed by atoms with E-state index in [1.54, 1.807) is 0 Å². The standard InChI is InChI=1S/C13H23N3OS/c1-8(2)6-9(14)11(17)16-12-15-10(7-18-12)13(3,4)5/h7-9H,6,14H2,1-5H3,(H,15,16,17)/t9-/m0/s1. The van der Waals surface area contributed by atoms with Gasteiger partial charge in [-0.05, 0) is 12.3 Å². The third-order valence-corrected chi connectivity index (χ3v) is 3.32. The molecule has 1 amide bonds. The maximum atomic E-state index is 11.8. The van der Waals surface area contributed by atoms with Crippen molar-refractivity contribution in [3.8, 4) is 0 Å². The Morgan fingerprint density at radius 1 is 1.50 bits per heavy atom. The fraction of sp³-hybridized carbons (Fsp3) is 0.692. The van der Waals surface area contributed by atoms with Crippen molar-refractivity contribution in [1.29, 1.82) is 0 Å². The van der Waals surface area contributed by atoms with Crippen LogP contribution in [0.1, 0.15) is 46.7 Å². The topological polar surface area (TPSA) is 68.0 Å². The maximum absolute atomic E-state index is 11.8. The number of hydrogen-bond donors (Lipinski definition) is 2. The summed E-state index contributed by atoms with van der Waals surface area (Å²) in [5.41, 5.74) is 6.81. The van der Waals surface area contributed by atoms with Gasteiger partial charge in [-0.25, -0.2) is 4.98 Å². The van der Waals surface area contributed by atoms with Crippen LogP contribution in [0.25, 0.3) is 0 Å². The zero-order valence-corrected chi connectivity index (χ0v) is 12.6. The summed E-state index contributed by atoms with van der Waals surface area (Å²) < 4.78 is 0. The smallest absolute Gasteiger partial charge is 0.243 e. The molecule has 1 heterocycles. The molecule has 5 heteroatoms. The molecule has 1 rings (SSSR count).